The van der Waals surface area contributed by atoms with E-state index in [0.717, 1.165) is 10.8 Å². The molecule has 34 heavy (non-hydrogen) atoms. The van der Waals surface area contributed by atoms with Gasteiger partial charge in [-0.15, -0.1) is 0 Å². The van der Waals surface area contributed by atoms with Crippen LogP contribution in [-0.2, 0) is 16.0 Å². The number of carbonyl (C=O) groups is 3. The summed E-state index contributed by atoms with van der Waals surface area (Å²) in [5, 5.41) is 13.7. The third kappa shape index (κ3) is 4.71. The fourth-order valence-corrected chi connectivity index (χ4v) is 3.82. The zero-order valence-corrected chi connectivity index (χ0v) is 18.7. The lowest BCUT2D eigenvalue weighted by Gasteiger charge is -2.15. The van der Waals surface area contributed by atoms with E-state index < -0.39 is 23.7 Å². The molecule has 0 saturated carbocycles. The van der Waals surface area contributed by atoms with Crippen LogP contribution in [0.3, 0.4) is 0 Å². The van der Waals surface area contributed by atoms with Gasteiger partial charge in [0, 0.05) is 22.8 Å². The first-order valence-corrected chi connectivity index (χ1v) is 10.6. The molecule has 8 nitrogen and oxygen atoms in total. The number of carboxylic acids is 1. The number of para-hydroxylation sites is 1. The molecule has 0 radical (unpaired) electrons. The number of ketones is 1. The second kappa shape index (κ2) is 9.66. The van der Waals surface area contributed by atoms with Crippen LogP contribution in [0, 0.1) is 0 Å². The van der Waals surface area contributed by atoms with Gasteiger partial charge in [0.1, 0.15) is 17.2 Å². The third-order valence-electron chi connectivity index (χ3n) is 5.53. The van der Waals surface area contributed by atoms with Crippen molar-refractivity contribution in [1.82, 2.24) is 5.32 Å². The quantitative estimate of drug-likeness (QED) is 0.362. The number of nitrogens with one attached hydrogen (secondary N) is 1. The number of fused-ring (bicyclic) bond motifs is 3. The van der Waals surface area contributed by atoms with Gasteiger partial charge in [0.2, 0.25) is 5.91 Å². The molecule has 8 heteroatoms. The number of benzene rings is 3. The van der Waals surface area contributed by atoms with E-state index >= 15 is 0 Å². The number of Topliss-reactive ketones (excluding diaryl/α,β-unsaturated/α-hetero) is 1. The maximum Gasteiger partial charge on any atom is 0.326 e. The molecule has 174 valence electrons. The zero-order valence-electron chi connectivity index (χ0n) is 18.7. The van der Waals surface area contributed by atoms with Crippen molar-refractivity contribution in [3.63, 3.8) is 0 Å². The molecule has 4 rings (SSSR count). The maximum absolute atomic E-state index is 12.9. The van der Waals surface area contributed by atoms with E-state index in [1.165, 1.54) is 14.2 Å². The molecule has 0 spiro atoms. The number of carboxylic acid groups (broad SMARTS) is 1. The molecule has 0 saturated heterocycles. The van der Waals surface area contributed by atoms with Gasteiger partial charge in [0.05, 0.1) is 20.6 Å². The molecule has 1 heterocycles. The minimum Gasteiger partial charge on any atom is -0.493 e. The molecule has 1 atom stereocenters. The monoisotopic (exact) mass is 461 g/mol. The zero-order chi connectivity index (χ0) is 24.2. The second-order valence-electron chi connectivity index (χ2n) is 7.76. The lowest BCUT2D eigenvalue weighted by atomic mass is 10.0. The number of methoxy groups -OCH3 is 2. The summed E-state index contributed by atoms with van der Waals surface area (Å²) in [7, 11) is 2.99. The minimum absolute atomic E-state index is 0.0781. The summed E-state index contributed by atoms with van der Waals surface area (Å²) < 4.78 is 16.2. The molecule has 0 aliphatic heterocycles. The van der Waals surface area contributed by atoms with Gasteiger partial charge in [0.25, 0.3) is 0 Å². The van der Waals surface area contributed by atoms with Crippen LogP contribution in [0.4, 0.5) is 0 Å². The van der Waals surface area contributed by atoms with Crippen molar-refractivity contribution >= 4 is 39.6 Å². The average Bonchev–Trinajstić information content (AvgIpc) is 3.21. The molecule has 1 amide bonds. The third-order valence-corrected chi connectivity index (χ3v) is 5.53. The maximum atomic E-state index is 12.9. The highest BCUT2D eigenvalue weighted by atomic mass is 16.5. The summed E-state index contributed by atoms with van der Waals surface area (Å²) in [5.41, 5.74) is 2.30. The number of furan rings is 1. The van der Waals surface area contributed by atoms with Gasteiger partial charge in [-0.25, -0.2) is 4.79 Å². The van der Waals surface area contributed by atoms with Gasteiger partial charge < -0.3 is 24.3 Å². The Labute approximate surface area is 195 Å². The number of hydrogen-bond acceptors (Lipinski definition) is 6. The SMILES string of the molecule is COc1ccc(CC(=O)NC(CC(=O)c2ccc3oc4ccccc4c3c2)C(=O)O)cc1OC. The van der Waals surface area contributed by atoms with E-state index in [1.54, 1.807) is 36.4 Å². The molecule has 3 aromatic carbocycles. The Kier molecular flexibility index (Phi) is 6.49. The lowest BCUT2D eigenvalue weighted by Crippen LogP contribution is -2.42. The highest BCUT2D eigenvalue weighted by molar-refractivity contribution is 6.09. The molecule has 1 unspecified atom stereocenters. The summed E-state index contributed by atoms with van der Waals surface area (Å²) >= 11 is 0. The highest BCUT2D eigenvalue weighted by Gasteiger charge is 2.24. The predicted molar refractivity (Wildman–Crippen MR) is 125 cm³/mol. The Morgan fingerprint density at radius 1 is 0.912 bits per heavy atom. The van der Waals surface area contributed by atoms with E-state index in [-0.39, 0.29) is 12.8 Å². The molecule has 0 aliphatic rings. The number of rotatable bonds is 9. The Morgan fingerprint density at radius 2 is 1.65 bits per heavy atom. The molecule has 2 N–H and O–H groups in total. The van der Waals surface area contributed by atoms with Crippen LogP contribution < -0.4 is 14.8 Å². The van der Waals surface area contributed by atoms with Crippen molar-refractivity contribution in [2.75, 3.05) is 14.2 Å². The summed E-state index contributed by atoms with van der Waals surface area (Å²) in [6, 6.07) is 16.1. The largest absolute Gasteiger partial charge is 0.493 e. The van der Waals surface area contributed by atoms with Gasteiger partial charge in [-0.1, -0.05) is 24.3 Å². The predicted octanol–water partition coefficient (Wildman–Crippen LogP) is 3.99. The van der Waals surface area contributed by atoms with E-state index in [1.807, 2.05) is 24.3 Å². The van der Waals surface area contributed by atoms with Gasteiger partial charge in [0.15, 0.2) is 17.3 Å². The van der Waals surface area contributed by atoms with Gasteiger partial charge in [-0.05, 0) is 42.0 Å². The lowest BCUT2D eigenvalue weighted by molar-refractivity contribution is -0.141. The van der Waals surface area contributed by atoms with Crippen LogP contribution >= 0.6 is 0 Å². The van der Waals surface area contributed by atoms with Crippen LogP contribution in [0.1, 0.15) is 22.3 Å². The Balaban J connectivity index is 1.47. The molecule has 1 aromatic heterocycles. The second-order valence-corrected chi connectivity index (χ2v) is 7.76. The first-order valence-electron chi connectivity index (χ1n) is 10.6. The number of aliphatic carboxylic acids is 1. The van der Waals surface area contributed by atoms with Crippen molar-refractivity contribution in [2.45, 2.75) is 18.9 Å². The number of ether oxygens (including phenoxy) is 2. The van der Waals surface area contributed by atoms with E-state index in [9.17, 15) is 19.5 Å². The Morgan fingerprint density at radius 3 is 2.38 bits per heavy atom. The summed E-state index contributed by atoms with van der Waals surface area (Å²) in [6.45, 7) is 0. The van der Waals surface area contributed by atoms with Crippen molar-refractivity contribution in [1.29, 1.82) is 0 Å². The van der Waals surface area contributed by atoms with Crippen LogP contribution in [0.25, 0.3) is 21.9 Å². The fourth-order valence-electron chi connectivity index (χ4n) is 3.82. The molecule has 0 fully saturated rings. The molecular weight excluding hydrogens is 438 g/mol. The number of amides is 1. The standard InChI is InChI=1S/C26H23NO7/c1-32-23-9-7-15(11-24(23)33-2)12-25(29)27-19(26(30)31)14-20(28)16-8-10-22-18(13-16)17-5-3-4-6-21(17)34-22/h3-11,13,19H,12,14H2,1-2H3,(H,27,29)(H,30,31). The molecule has 0 bridgehead atoms. The highest BCUT2D eigenvalue weighted by Crippen LogP contribution is 2.30. The van der Waals surface area contributed by atoms with Crippen LogP contribution in [-0.4, -0.2) is 43.0 Å². The smallest absolute Gasteiger partial charge is 0.326 e. The first-order chi connectivity index (χ1) is 16.4. The Bertz CT molecular complexity index is 1390. The van der Waals surface area contributed by atoms with Crippen LogP contribution in [0.5, 0.6) is 11.5 Å². The Hall–Kier alpha value is -4.33. The first kappa shape index (κ1) is 22.8. The average molecular weight is 461 g/mol. The molecule has 0 aliphatic carbocycles. The van der Waals surface area contributed by atoms with Crippen molar-refractivity contribution < 1.29 is 33.4 Å². The van der Waals surface area contributed by atoms with E-state index in [2.05, 4.69) is 5.32 Å². The van der Waals surface area contributed by atoms with E-state index in [4.69, 9.17) is 13.9 Å². The minimum atomic E-state index is -1.36. The normalized spacial score (nSPS) is 11.8. The number of carbonyl (C=O) groups excluding carboxylic acids is 2. The van der Waals surface area contributed by atoms with Crippen molar-refractivity contribution in [2.24, 2.45) is 0 Å². The van der Waals surface area contributed by atoms with Gasteiger partial charge in [-0.2, -0.15) is 0 Å². The fraction of sp³-hybridized carbons (Fsp3) is 0.192. The van der Waals surface area contributed by atoms with Crippen LogP contribution in [0.2, 0.25) is 0 Å². The topological polar surface area (TPSA) is 115 Å². The van der Waals surface area contributed by atoms with E-state index in [0.29, 0.717) is 33.8 Å². The number of hydrogen-bond donors (Lipinski definition) is 2. The van der Waals surface area contributed by atoms with Crippen molar-refractivity contribution in [3.05, 3.63) is 71.8 Å². The summed E-state index contributed by atoms with van der Waals surface area (Å²) in [5.74, 6) is -1.23. The van der Waals surface area contributed by atoms with Crippen LogP contribution in [0.15, 0.2) is 65.1 Å². The van der Waals surface area contributed by atoms with Crippen molar-refractivity contribution in [3.8, 4) is 11.5 Å². The molecular formula is C26H23NO7. The molecule has 4 aromatic rings. The summed E-state index contributed by atoms with van der Waals surface area (Å²) in [4.78, 5) is 37.2. The van der Waals surface area contributed by atoms with Gasteiger partial charge >= 0.3 is 5.97 Å². The summed E-state index contributed by atoms with van der Waals surface area (Å²) in [6.07, 6.45) is -0.459. The van der Waals surface area contributed by atoms with Gasteiger partial charge in [-0.3, -0.25) is 9.59 Å².